The molecule has 8 heteroatoms. The number of thiophene rings is 1. The second kappa shape index (κ2) is 11.0. The first-order chi connectivity index (χ1) is 10.2. The Morgan fingerprint density at radius 2 is 2.14 bits per heavy atom. The molecule has 0 bridgehead atoms. The molecule has 1 saturated heterocycles. The Balaban J connectivity index is 0.00000242. The molecular formula is C14H23ClIN3OS2. The van der Waals surface area contributed by atoms with Crippen molar-refractivity contribution in [1.82, 2.24) is 10.6 Å². The van der Waals surface area contributed by atoms with Crippen molar-refractivity contribution in [2.24, 2.45) is 10.9 Å². The third-order valence-electron chi connectivity index (χ3n) is 3.51. The number of hydrogen-bond acceptors (Lipinski definition) is 4. The minimum atomic E-state index is -0.563. The van der Waals surface area contributed by atoms with Crippen molar-refractivity contribution in [3.63, 3.8) is 0 Å². The van der Waals surface area contributed by atoms with E-state index in [1.165, 1.54) is 35.7 Å². The van der Waals surface area contributed by atoms with E-state index in [4.69, 9.17) is 11.6 Å². The number of nitrogens with zero attached hydrogens (tertiary/aromatic N) is 1. The molecule has 1 aliphatic heterocycles. The van der Waals surface area contributed by atoms with Gasteiger partial charge in [-0.1, -0.05) is 11.6 Å². The predicted octanol–water partition coefficient (Wildman–Crippen LogP) is 3.36. The number of aliphatic hydroxyl groups is 1. The van der Waals surface area contributed by atoms with Crippen molar-refractivity contribution in [3.05, 3.63) is 21.3 Å². The van der Waals surface area contributed by atoms with E-state index in [2.05, 4.69) is 15.6 Å². The second-order valence-electron chi connectivity index (χ2n) is 5.05. The molecule has 1 fully saturated rings. The van der Waals surface area contributed by atoms with Crippen LogP contribution in [0.4, 0.5) is 0 Å². The van der Waals surface area contributed by atoms with Crippen LogP contribution in [0.5, 0.6) is 0 Å². The highest BCUT2D eigenvalue weighted by Crippen LogP contribution is 2.26. The van der Waals surface area contributed by atoms with Crippen LogP contribution < -0.4 is 10.6 Å². The average Bonchev–Trinajstić information content (AvgIpc) is 2.95. The molecule has 0 aliphatic carbocycles. The molecule has 1 atom stereocenters. The predicted molar refractivity (Wildman–Crippen MR) is 109 cm³/mol. The van der Waals surface area contributed by atoms with Crippen molar-refractivity contribution in [1.29, 1.82) is 0 Å². The highest BCUT2D eigenvalue weighted by molar-refractivity contribution is 14.0. The summed E-state index contributed by atoms with van der Waals surface area (Å²) in [5, 5.41) is 16.6. The molecule has 0 radical (unpaired) electrons. The molecule has 2 heterocycles. The molecule has 0 aromatic carbocycles. The largest absolute Gasteiger partial charge is 0.386 e. The summed E-state index contributed by atoms with van der Waals surface area (Å²) in [6.45, 7) is 1.37. The molecule has 1 aromatic heterocycles. The van der Waals surface area contributed by atoms with Crippen LogP contribution >= 0.6 is 58.7 Å². The van der Waals surface area contributed by atoms with Gasteiger partial charge in [-0.25, -0.2) is 0 Å². The lowest BCUT2D eigenvalue weighted by molar-refractivity contribution is 0.184. The maximum Gasteiger partial charge on any atom is 0.191 e. The summed E-state index contributed by atoms with van der Waals surface area (Å²) in [5.41, 5.74) is 0. The zero-order valence-electron chi connectivity index (χ0n) is 12.5. The van der Waals surface area contributed by atoms with Gasteiger partial charge in [0.25, 0.3) is 0 Å². The van der Waals surface area contributed by atoms with Crippen LogP contribution in [0.1, 0.15) is 23.8 Å². The van der Waals surface area contributed by atoms with Crippen LogP contribution in [-0.4, -0.2) is 42.7 Å². The Morgan fingerprint density at radius 1 is 1.41 bits per heavy atom. The lowest BCUT2D eigenvalue weighted by Gasteiger charge is -2.23. The Hall–Kier alpha value is 0.300. The second-order valence-corrected chi connectivity index (χ2v) is 8.02. The summed E-state index contributed by atoms with van der Waals surface area (Å²) in [6.07, 6.45) is 1.97. The Labute approximate surface area is 162 Å². The first kappa shape index (κ1) is 20.3. The fourth-order valence-electron chi connectivity index (χ4n) is 2.21. The molecule has 2 rings (SSSR count). The summed E-state index contributed by atoms with van der Waals surface area (Å²) in [5.74, 6) is 3.99. The monoisotopic (exact) mass is 475 g/mol. The Kier molecular flexibility index (Phi) is 10.1. The quantitative estimate of drug-likeness (QED) is 0.347. The van der Waals surface area contributed by atoms with Gasteiger partial charge in [0, 0.05) is 25.0 Å². The minimum absolute atomic E-state index is 0. The molecule has 126 valence electrons. The standard InChI is InChI=1S/C14H22ClN3OS2.HI/c1-16-14(17-8-10-4-6-20-7-5-10)18-9-11(19)12-2-3-13(15)21-12;/h2-3,10-11,19H,4-9H2,1H3,(H2,16,17,18);1H. The molecule has 1 unspecified atom stereocenters. The highest BCUT2D eigenvalue weighted by Gasteiger charge is 2.15. The lowest BCUT2D eigenvalue weighted by atomic mass is 10.0. The fourth-order valence-corrected chi connectivity index (χ4v) is 4.46. The normalized spacial score (nSPS) is 17.7. The van der Waals surface area contributed by atoms with Crippen LogP contribution in [0, 0.1) is 5.92 Å². The number of guanidine groups is 1. The molecule has 1 aromatic rings. The van der Waals surface area contributed by atoms with Gasteiger partial charge >= 0.3 is 0 Å². The van der Waals surface area contributed by atoms with Crippen LogP contribution in [0.15, 0.2) is 17.1 Å². The van der Waals surface area contributed by atoms with Gasteiger partial charge in [-0.15, -0.1) is 35.3 Å². The molecule has 22 heavy (non-hydrogen) atoms. The van der Waals surface area contributed by atoms with Gasteiger partial charge in [0.1, 0.15) is 6.10 Å². The van der Waals surface area contributed by atoms with Gasteiger partial charge < -0.3 is 15.7 Å². The molecule has 0 spiro atoms. The third-order valence-corrected chi connectivity index (χ3v) is 5.89. The fraction of sp³-hybridized carbons (Fsp3) is 0.643. The van der Waals surface area contributed by atoms with Crippen LogP contribution in [0.25, 0.3) is 0 Å². The average molecular weight is 476 g/mol. The van der Waals surface area contributed by atoms with E-state index >= 15 is 0 Å². The van der Waals surface area contributed by atoms with E-state index in [9.17, 15) is 5.11 Å². The van der Waals surface area contributed by atoms with E-state index < -0.39 is 6.10 Å². The van der Waals surface area contributed by atoms with Gasteiger partial charge in [-0.05, 0) is 42.4 Å². The SMILES string of the molecule is CN=C(NCC1CCSCC1)NCC(O)c1ccc(Cl)s1.I. The Bertz CT molecular complexity index is 467. The van der Waals surface area contributed by atoms with Crippen LogP contribution in [0.3, 0.4) is 0 Å². The van der Waals surface area contributed by atoms with E-state index in [1.807, 2.05) is 17.8 Å². The zero-order chi connectivity index (χ0) is 15.1. The van der Waals surface area contributed by atoms with E-state index in [0.717, 1.165) is 23.3 Å². The zero-order valence-corrected chi connectivity index (χ0v) is 17.3. The summed E-state index contributed by atoms with van der Waals surface area (Å²) in [7, 11) is 1.75. The molecule has 3 N–H and O–H groups in total. The summed E-state index contributed by atoms with van der Waals surface area (Å²) in [6, 6.07) is 3.66. The highest BCUT2D eigenvalue weighted by atomic mass is 127. The maximum absolute atomic E-state index is 10.1. The number of aliphatic hydroxyl groups excluding tert-OH is 1. The van der Waals surface area contributed by atoms with Crippen molar-refractivity contribution in [2.75, 3.05) is 31.6 Å². The maximum atomic E-state index is 10.1. The van der Waals surface area contributed by atoms with Crippen LogP contribution in [0.2, 0.25) is 4.34 Å². The van der Waals surface area contributed by atoms with E-state index in [-0.39, 0.29) is 24.0 Å². The van der Waals surface area contributed by atoms with Gasteiger partial charge in [0.15, 0.2) is 5.96 Å². The molecule has 4 nitrogen and oxygen atoms in total. The first-order valence-electron chi connectivity index (χ1n) is 7.14. The molecule has 0 saturated carbocycles. The number of rotatable bonds is 5. The minimum Gasteiger partial charge on any atom is -0.386 e. The third kappa shape index (κ3) is 6.82. The number of halogens is 2. The summed E-state index contributed by atoms with van der Waals surface area (Å²) in [4.78, 5) is 5.07. The van der Waals surface area contributed by atoms with Crippen molar-refractivity contribution < 1.29 is 5.11 Å². The molecular weight excluding hydrogens is 453 g/mol. The number of nitrogens with one attached hydrogen (secondary N) is 2. The van der Waals surface area contributed by atoms with Gasteiger partial charge in [0.05, 0.1) is 4.34 Å². The number of hydrogen-bond donors (Lipinski definition) is 3. The van der Waals surface area contributed by atoms with Gasteiger partial charge in [-0.3, -0.25) is 4.99 Å². The smallest absolute Gasteiger partial charge is 0.191 e. The van der Waals surface area contributed by atoms with Crippen LogP contribution in [-0.2, 0) is 0 Å². The van der Waals surface area contributed by atoms with E-state index in [1.54, 1.807) is 13.1 Å². The number of thioether (sulfide) groups is 1. The lowest BCUT2D eigenvalue weighted by Crippen LogP contribution is -2.41. The van der Waals surface area contributed by atoms with E-state index in [0.29, 0.717) is 10.9 Å². The molecule has 1 aliphatic rings. The van der Waals surface area contributed by atoms with Gasteiger partial charge in [-0.2, -0.15) is 11.8 Å². The molecule has 0 amide bonds. The van der Waals surface area contributed by atoms with Gasteiger partial charge in [0.2, 0.25) is 0 Å². The summed E-state index contributed by atoms with van der Waals surface area (Å²) >= 11 is 9.32. The Morgan fingerprint density at radius 3 is 2.73 bits per heavy atom. The van der Waals surface area contributed by atoms with Crippen molar-refractivity contribution in [3.8, 4) is 0 Å². The topological polar surface area (TPSA) is 56.7 Å². The first-order valence-corrected chi connectivity index (χ1v) is 9.49. The number of aliphatic imine (C=N–C) groups is 1. The van der Waals surface area contributed by atoms with Crippen molar-refractivity contribution in [2.45, 2.75) is 18.9 Å². The van der Waals surface area contributed by atoms with Crippen molar-refractivity contribution >= 4 is 64.6 Å². The summed E-state index contributed by atoms with van der Waals surface area (Å²) < 4.78 is 0.696.